The van der Waals surface area contributed by atoms with Crippen LogP contribution in [0.2, 0.25) is 0 Å². The molecule has 2 aliphatic rings. The summed E-state index contributed by atoms with van der Waals surface area (Å²) in [6.07, 6.45) is 10.9. The highest BCUT2D eigenvalue weighted by Gasteiger charge is 2.48. The Balaban J connectivity index is 2.09. The van der Waals surface area contributed by atoms with Gasteiger partial charge in [0.1, 0.15) is 0 Å². The lowest BCUT2D eigenvalue weighted by Gasteiger charge is -2.51. The Morgan fingerprint density at radius 2 is 2.05 bits per heavy atom. The van der Waals surface area contributed by atoms with Crippen molar-refractivity contribution >= 4 is 0 Å². The van der Waals surface area contributed by atoms with Crippen molar-refractivity contribution in [3.63, 3.8) is 0 Å². The van der Waals surface area contributed by atoms with Gasteiger partial charge in [0.05, 0.1) is 11.7 Å². The van der Waals surface area contributed by atoms with Crippen molar-refractivity contribution in [3.8, 4) is 0 Å². The van der Waals surface area contributed by atoms with Gasteiger partial charge in [0, 0.05) is 5.41 Å². The van der Waals surface area contributed by atoms with Crippen LogP contribution in [0.3, 0.4) is 0 Å². The van der Waals surface area contributed by atoms with E-state index in [0.717, 1.165) is 32.1 Å². The third-order valence-electron chi connectivity index (χ3n) is 5.85. The Bertz CT molecular complexity index is 480. The second-order valence-corrected chi connectivity index (χ2v) is 8.17. The molecular weight excluding hydrogens is 272 g/mol. The second-order valence-electron chi connectivity index (χ2n) is 8.17. The number of aliphatic hydroxyl groups excluding tert-OH is 1. The van der Waals surface area contributed by atoms with Gasteiger partial charge in [0.2, 0.25) is 0 Å². The molecule has 0 aromatic heterocycles. The van der Waals surface area contributed by atoms with Crippen molar-refractivity contribution in [3.05, 3.63) is 36.0 Å². The molecule has 0 aromatic rings. The molecule has 2 fully saturated rings. The molecule has 0 aromatic carbocycles. The standard InChI is InChI=1S/C20H32O2/c1-14(7-6-11-19(3,4)22)16-10-12-20(5)17(13-16)15(2)8-9-18(20)21/h6-7,11,16-18,21-22H,2,8-10,12-13H2,1,3-5H3/b11-6+,14-7+/t16?,17-,18?,20+/m0/s1. The Morgan fingerprint density at radius 1 is 1.36 bits per heavy atom. The van der Waals surface area contributed by atoms with Crippen molar-refractivity contribution in [2.45, 2.75) is 71.5 Å². The minimum absolute atomic E-state index is 0.0229. The van der Waals surface area contributed by atoms with Gasteiger partial charge in [-0.1, -0.05) is 42.9 Å². The quantitative estimate of drug-likeness (QED) is 0.599. The second kappa shape index (κ2) is 6.33. The smallest absolute Gasteiger partial charge is 0.0774 e. The summed E-state index contributed by atoms with van der Waals surface area (Å²) in [5.41, 5.74) is 1.96. The van der Waals surface area contributed by atoms with Gasteiger partial charge in [-0.3, -0.25) is 0 Å². The van der Waals surface area contributed by atoms with E-state index < -0.39 is 5.60 Å². The van der Waals surface area contributed by atoms with E-state index >= 15 is 0 Å². The summed E-state index contributed by atoms with van der Waals surface area (Å²) >= 11 is 0. The normalized spacial score (nSPS) is 37.5. The lowest BCUT2D eigenvalue weighted by atomic mass is 9.55. The van der Waals surface area contributed by atoms with Crippen molar-refractivity contribution in [2.75, 3.05) is 0 Å². The first-order valence-corrected chi connectivity index (χ1v) is 8.57. The third kappa shape index (κ3) is 3.72. The maximum Gasteiger partial charge on any atom is 0.0774 e. The highest BCUT2D eigenvalue weighted by atomic mass is 16.3. The first kappa shape index (κ1) is 17.5. The van der Waals surface area contributed by atoms with Crippen LogP contribution >= 0.6 is 0 Å². The zero-order chi connectivity index (χ0) is 16.5. The van der Waals surface area contributed by atoms with Crippen LogP contribution in [0.4, 0.5) is 0 Å². The predicted molar refractivity (Wildman–Crippen MR) is 92.5 cm³/mol. The van der Waals surface area contributed by atoms with Crippen molar-refractivity contribution in [2.24, 2.45) is 17.3 Å². The molecule has 2 N–H and O–H groups in total. The number of rotatable bonds is 3. The van der Waals surface area contributed by atoms with E-state index in [-0.39, 0.29) is 11.5 Å². The van der Waals surface area contributed by atoms with Crippen molar-refractivity contribution in [1.29, 1.82) is 0 Å². The Hall–Kier alpha value is -0.860. The van der Waals surface area contributed by atoms with E-state index in [4.69, 9.17) is 0 Å². The van der Waals surface area contributed by atoms with Gasteiger partial charge in [-0.05, 0) is 64.7 Å². The van der Waals surface area contributed by atoms with Gasteiger partial charge in [0.25, 0.3) is 0 Å². The lowest BCUT2D eigenvalue weighted by Crippen LogP contribution is -2.47. The zero-order valence-corrected chi connectivity index (χ0v) is 14.6. The first-order chi connectivity index (χ1) is 10.1. The summed E-state index contributed by atoms with van der Waals surface area (Å²) in [7, 11) is 0. The number of hydrogen-bond acceptors (Lipinski definition) is 2. The average molecular weight is 304 g/mol. The van der Waals surface area contributed by atoms with Crippen LogP contribution in [0, 0.1) is 17.3 Å². The number of aliphatic hydroxyl groups is 2. The van der Waals surface area contributed by atoms with Crippen molar-refractivity contribution in [1.82, 2.24) is 0 Å². The molecule has 2 unspecified atom stereocenters. The van der Waals surface area contributed by atoms with Crippen LogP contribution in [0.25, 0.3) is 0 Å². The summed E-state index contributed by atoms with van der Waals surface area (Å²) in [5.74, 6) is 1.00. The first-order valence-electron chi connectivity index (χ1n) is 8.57. The molecule has 2 saturated carbocycles. The Morgan fingerprint density at radius 3 is 2.68 bits per heavy atom. The molecule has 2 aliphatic carbocycles. The summed E-state index contributed by atoms with van der Waals surface area (Å²) in [6.45, 7) is 12.3. The zero-order valence-electron chi connectivity index (χ0n) is 14.6. The minimum Gasteiger partial charge on any atom is -0.393 e. The molecule has 4 atom stereocenters. The molecule has 0 heterocycles. The van der Waals surface area contributed by atoms with Crippen LogP contribution in [-0.2, 0) is 0 Å². The fourth-order valence-corrected chi connectivity index (χ4v) is 4.17. The van der Waals surface area contributed by atoms with Gasteiger partial charge >= 0.3 is 0 Å². The molecule has 124 valence electrons. The van der Waals surface area contributed by atoms with Gasteiger partial charge in [-0.25, -0.2) is 0 Å². The van der Waals surface area contributed by atoms with Gasteiger partial charge in [-0.15, -0.1) is 0 Å². The van der Waals surface area contributed by atoms with E-state index in [0.29, 0.717) is 11.8 Å². The molecule has 2 rings (SSSR count). The highest BCUT2D eigenvalue weighted by Crippen LogP contribution is 2.54. The molecule has 0 aliphatic heterocycles. The average Bonchev–Trinajstić information content (AvgIpc) is 2.42. The molecule has 0 saturated heterocycles. The molecule has 0 bridgehead atoms. The maximum atomic E-state index is 10.4. The molecule has 2 heteroatoms. The predicted octanol–water partition coefficient (Wildman–Crippen LogP) is 4.39. The van der Waals surface area contributed by atoms with E-state index in [2.05, 4.69) is 26.5 Å². The lowest BCUT2D eigenvalue weighted by molar-refractivity contribution is -0.0506. The SMILES string of the molecule is C=C1CCC(O)[C@]2(C)CCC(/C(C)=C/C=C/C(C)(C)O)C[C@@H]12. The summed E-state index contributed by atoms with van der Waals surface area (Å²) < 4.78 is 0. The highest BCUT2D eigenvalue weighted by molar-refractivity contribution is 5.21. The number of hydrogen-bond donors (Lipinski definition) is 2. The molecule has 2 nitrogen and oxygen atoms in total. The van der Waals surface area contributed by atoms with E-state index in [9.17, 15) is 10.2 Å². The van der Waals surface area contributed by atoms with Crippen LogP contribution in [0.1, 0.15) is 59.8 Å². The maximum absolute atomic E-state index is 10.4. The third-order valence-corrected chi connectivity index (χ3v) is 5.85. The van der Waals surface area contributed by atoms with Gasteiger partial charge in [-0.2, -0.15) is 0 Å². The number of fused-ring (bicyclic) bond motifs is 1. The van der Waals surface area contributed by atoms with E-state index in [1.165, 1.54) is 11.1 Å². The fraction of sp³-hybridized carbons (Fsp3) is 0.700. The van der Waals surface area contributed by atoms with Crippen LogP contribution in [0.5, 0.6) is 0 Å². The molecule has 0 amide bonds. The Kier molecular flexibility index (Phi) is 5.03. The minimum atomic E-state index is -0.760. The molecule has 0 radical (unpaired) electrons. The largest absolute Gasteiger partial charge is 0.393 e. The number of allylic oxidation sites excluding steroid dienone is 4. The van der Waals surface area contributed by atoms with Gasteiger partial charge in [0.15, 0.2) is 0 Å². The Labute approximate surface area is 135 Å². The summed E-state index contributed by atoms with van der Waals surface area (Å²) in [4.78, 5) is 0. The van der Waals surface area contributed by atoms with Crippen LogP contribution in [-0.4, -0.2) is 21.9 Å². The molecular formula is C20H32O2. The van der Waals surface area contributed by atoms with Crippen molar-refractivity contribution < 1.29 is 10.2 Å². The topological polar surface area (TPSA) is 40.5 Å². The van der Waals surface area contributed by atoms with Gasteiger partial charge < -0.3 is 10.2 Å². The van der Waals surface area contributed by atoms with E-state index in [1.54, 1.807) is 13.8 Å². The molecule has 0 spiro atoms. The molecule has 22 heavy (non-hydrogen) atoms. The van der Waals surface area contributed by atoms with Crippen LogP contribution < -0.4 is 0 Å². The fourth-order valence-electron chi connectivity index (χ4n) is 4.17. The van der Waals surface area contributed by atoms with Crippen LogP contribution in [0.15, 0.2) is 36.0 Å². The monoisotopic (exact) mass is 304 g/mol. The summed E-state index contributed by atoms with van der Waals surface area (Å²) in [5, 5.41) is 20.2. The van der Waals surface area contributed by atoms with E-state index in [1.807, 2.05) is 12.2 Å². The summed E-state index contributed by atoms with van der Waals surface area (Å²) in [6, 6.07) is 0.